The molecule has 6 heteroatoms. The molecule has 1 aliphatic heterocycles. The molecule has 2 aromatic carbocycles. The molecular weight excluding hydrogens is 344 g/mol. The minimum Gasteiger partial charge on any atom is -0.481 e. The van der Waals surface area contributed by atoms with Crippen molar-refractivity contribution in [3.8, 4) is 0 Å². The van der Waals surface area contributed by atoms with Crippen LogP contribution < -0.4 is 10.6 Å². The molecule has 2 atom stereocenters. The van der Waals surface area contributed by atoms with Gasteiger partial charge in [-0.15, -0.1) is 0 Å². The second-order valence-corrected chi connectivity index (χ2v) is 6.87. The van der Waals surface area contributed by atoms with Crippen molar-refractivity contribution in [2.45, 2.75) is 25.7 Å². The lowest BCUT2D eigenvalue weighted by atomic mass is 9.89. The lowest BCUT2D eigenvalue weighted by Crippen LogP contribution is -2.39. The van der Waals surface area contributed by atoms with Crippen LogP contribution in [0.4, 0.5) is 5.69 Å². The van der Waals surface area contributed by atoms with Crippen molar-refractivity contribution in [3.05, 3.63) is 65.2 Å². The van der Waals surface area contributed by atoms with Gasteiger partial charge in [0.1, 0.15) is 0 Å². The maximum atomic E-state index is 12.7. The number of fused-ring (bicyclic) bond motifs is 1. The number of hydrogen-bond acceptors (Lipinski definition) is 3. The van der Waals surface area contributed by atoms with Crippen molar-refractivity contribution in [3.63, 3.8) is 0 Å². The van der Waals surface area contributed by atoms with Gasteiger partial charge in [-0.2, -0.15) is 0 Å². The molecule has 0 radical (unpaired) electrons. The highest BCUT2D eigenvalue weighted by molar-refractivity contribution is 6.01. The van der Waals surface area contributed by atoms with Gasteiger partial charge in [-0.1, -0.05) is 48.0 Å². The van der Waals surface area contributed by atoms with Crippen LogP contribution in [-0.2, 0) is 20.8 Å². The second-order valence-electron chi connectivity index (χ2n) is 6.87. The summed E-state index contributed by atoms with van der Waals surface area (Å²) in [7, 11) is 0. The molecule has 3 rings (SSSR count). The summed E-state index contributed by atoms with van der Waals surface area (Å²) < 4.78 is 0. The van der Waals surface area contributed by atoms with E-state index < -0.39 is 17.8 Å². The average Bonchev–Trinajstić information content (AvgIpc) is 2.64. The van der Waals surface area contributed by atoms with Gasteiger partial charge in [-0.3, -0.25) is 14.4 Å². The zero-order chi connectivity index (χ0) is 19.4. The second kappa shape index (κ2) is 8.03. The lowest BCUT2D eigenvalue weighted by Gasteiger charge is -2.25. The smallest absolute Gasteiger partial charge is 0.308 e. The van der Waals surface area contributed by atoms with Crippen LogP contribution in [-0.4, -0.2) is 29.4 Å². The minimum atomic E-state index is -0.960. The maximum absolute atomic E-state index is 12.7. The Hall–Kier alpha value is -3.15. The number of aryl methyl sites for hydroxylation is 1. The number of rotatable bonds is 6. The van der Waals surface area contributed by atoms with E-state index in [2.05, 4.69) is 10.6 Å². The van der Waals surface area contributed by atoms with E-state index >= 15 is 0 Å². The number of amides is 2. The quantitative estimate of drug-likeness (QED) is 0.732. The van der Waals surface area contributed by atoms with Crippen LogP contribution in [0.25, 0.3) is 0 Å². The third-order valence-electron chi connectivity index (χ3n) is 4.75. The van der Waals surface area contributed by atoms with Gasteiger partial charge in [-0.05, 0) is 30.5 Å². The standard InChI is InChI=1S/C21H22N2O4/c1-13-5-4-6-14(9-13)10-15(21(26)27)12-22-20(25)17-11-19(24)23-18-8-3-2-7-16(17)18/h2-9,15,17H,10-12H2,1H3,(H,22,25)(H,23,24)(H,26,27). The summed E-state index contributed by atoms with van der Waals surface area (Å²) in [4.78, 5) is 36.1. The van der Waals surface area contributed by atoms with E-state index in [-0.39, 0.29) is 24.8 Å². The fourth-order valence-electron chi connectivity index (χ4n) is 3.36. The van der Waals surface area contributed by atoms with Crippen LogP contribution >= 0.6 is 0 Å². The third-order valence-corrected chi connectivity index (χ3v) is 4.75. The van der Waals surface area contributed by atoms with E-state index in [1.54, 1.807) is 18.2 Å². The fourth-order valence-corrected chi connectivity index (χ4v) is 3.36. The number of benzene rings is 2. The summed E-state index contributed by atoms with van der Waals surface area (Å²) in [6.07, 6.45) is 0.386. The normalized spacial score (nSPS) is 16.8. The highest BCUT2D eigenvalue weighted by Crippen LogP contribution is 2.32. The first kappa shape index (κ1) is 18.6. The van der Waals surface area contributed by atoms with Crippen molar-refractivity contribution in [1.29, 1.82) is 0 Å². The summed E-state index contributed by atoms with van der Waals surface area (Å²) in [6, 6.07) is 14.8. The molecule has 1 heterocycles. The van der Waals surface area contributed by atoms with Gasteiger partial charge in [0.2, 0.25) is 11.8 Å². The van der Waals surface area contributed by atoms with Crippen LogP contribution in [0, 0.1) is 12.8 Å². The maximum Gasteiger partial charge on any atom is 0.308 e. The van der Waals surface area contributed by atoms with Crippen molar-refractivity contribution >= 4 is 23.5 Å². The Morgan fingerprint density at radius 2 is 2.00 bits per heavy atom. The molecule has 6 nitrogen and oxygen atoms in total. The first-order chi connectivity index (χ1) is 12.9. The van der Waals surface area contributed by atoms with Gasteiger partial charge in [0.25, 0.3) is 0 Å². The van der Waals surface area contributed by atoms with E-state index in [0.717, 1.165) is 16.7 Å². The van der Waals surface area contributed by atoms with E-state index in [1.807, 2.05) is 37.3 Å². The molecule has 0 saturated carbocycles. The summed E-state index contributed by atoms with van der Waals surface area (Å²) in [6.45, 7) is 1.97. The van der Waals surface area contributed by atoms with E-state index in [4.69, 9.17) is 0 Å². The molecule has 1 aliphatic rings. The Bertz CT molecular complexity index is 878. The number of carbonyl (C=O) groups is 3. The zero-order valence-corrected chi connectivity index (χ0v) is 15.1. The molecule has 27 heavy (non-hydrogen) atoms. The van der Waals surface area contributed by atoms with Gasteiger partial charge in [0.15, 0.2) is 0 Å². The molecule has 0 bridgehead atoms. The predicted octanol–water partition coefficient (Wildman–Crippen LogP) is 2.48. The molecule has 2 amide bonds. The van der Waals surface area contributed by atoms with Gasteiger partial charge in [0.05, 0.1) is 11.8 Å². The van der Waals surface area contributed by atoms with E-state index in [9.17, 15) is 19.5 Å². The first-order valence-electron chi connectivity index (χ1n) is 8.89. The topological polar surface area (TPSA) is 95.5 Å². The molecule has 0 saturated heterocycles. The molecule has 3 N–H and O–H groups in total. The molecular formula is C21H22N2O4. The van der Waals surface area contributed by atoms with Crippen LogP contribution in [0.1, 0.15) is 29.0 Å². The van der Waals surface area contributed by atoms with Crippen molar-refractivity contribution in [1.82, 2.24) is 5.32 Å². The number of carboxylic acids is 1. The van der Waals surface area contributed by atoms with Gasteiger partial charge in [-0.25, -0.2) is 0 Å². The summed E-state index contributed by atoms with van der Waals surface area (Å²) >= 11 is 0. The molecule has 0 spiro atoms. The van der Waals surface area contributed by atoms with Gasteiger partial charge >= 0.3 is 5.97 Å². The predicted molar refractivity (Wildman–Crippen MR) is 101 cm³/mol. The minimum absolute atomic E-state index is 0.0163. The number of nitrogens with one attached hydrogen (secondary N) is 2. The van der Waals surface area contributed by atoms with Crippen LogP contribution in [0.3, 0.4) is 0 Å². The Labute approximate surface area is 157 Å². The number of para-hydroxylation sites is 1. The highest BCUT2D eigenvalue weighted by atomic mass is 16.4. The molecule has 0 aromatic heterocycles. The van der Waals surface area contributed by atoms with Crippen LogP contribution in [0.5, 0.6) is 0 Å². The number of anilines is 1. The summed E-state index contributed by atoms with van der Waals surface area (Å²) in [5.41, 5.74) is 3.35. The first-order valence-corrected chi connectivity index (χ1v) is 8.89. The van der Waals surface area contributed by atoms with E-state index in [1.165, 1.54) is 0 Å². The average molecular weight is 366 g/mol. The lowest BCUT2D eigenvalue weighted by molar-refractivity contribution is -0.141. The van der Waals surface area contributed by atoms with Gasteiger partial charge in [0, 0.05) is 18.7 Å². The molecule has 0 fully saturated rings. The number of hydrogen-bond donors (Lipinski definition) is 3. The van der Waals surface area contributed by atoms with Crippen molar-refractivity contribution < 1.29 is 19.5 Å². The number of carboxylic acid groups (broad SMARTS) is 1. The highest BCUT2D eigenvalue weighted by Gasteiger charge is 2.31. The molecule has 140 valence electrons. The summed E-state index contributed by atoms with van der Waals surface area (Å²) in [5, 5.41) is 15.0. The summed E-state index contributed by atoms with van der Waals surface area (Å²) in [5.74, 6) is -2.85. The zero-order valence-electron chi connectivity index (χ0n) is 15.1. The fraction of sp³-hybridized carbons (Fsp3) is 0.286. The molecule has 0 aliphatic carbocycles. The van der Waals surface area contributed by atoms with Crippen LogP contribution in [0.15, 0.2) is 48.5 Å². The van der Waals surface area contributed by atoms with E-state index in [0.29, 0.717) is 12.1 Å². The number of carbonyl (C=O) groups excluding carboxylic acids is 2. The van der Waals surface area contributed by atoms with Crippen molar-refractivity contribution in [2.75, 3.05) is 11.9 Å². The SMILES string of the molecule is Cc1cccc(CC(CNC(=O)C2CC(=O)Nc3ccccc32)C(=O)O)c1. The third kappa shape index (κ3) is 4.53. The molecule has 2 aromatic rings. The molecule has 2 unspecified atom stereocenters. The Balaban J connectivity index is 1.68. The van der Waals surface area contributed by atoms with Crippen molar-refractivity contribution in [2.24, 2.45) is 5.92 Å². The number of aliphatic carboxylic acids is 1. The Morgan fingerprint density at radius 3 is 2.74 bits per heavy atom. The van der Waals surface area contributed by atoms with Gasteiger partial charge < -0.3 is 15.7 Å². The monoisotopic (exact) mass is 366 g/mol. The largest absolute Gasteiger partial charge is 0.481 e. The van der Waals surface area contributed by atoms with Crippen LogP contribution in [0.2, 0.25) is 0 Å². The Morgan fingerprint density at radius 1 is 1.22 bits per heavy atom. The Kier molecular flexibility index (Phi) is 5.54.